The van der Waals surface area contributed by atoms with Crippen LogP contribution in [0.2, 0.25) is 0 Å². The Morgan fingerprint density at radius 3 is 2.36 bits per heavy atom. The average molecular weight is 355 g/mol. The first kappa shape index (κ1) is 15.2. The van der Waals surface area contributed by atoms with E-state index in [2.05, 4.69) is 29.5 Å². The van der Waals surface area contributed by atoms with E-state index in [-0.39, 0.29) is 10.0 Å². The van der Waals surface area contributed by atoms with Crippen LogP contribution < -0.4 is 0 Å². The SMILES string of the molecule is CCCOCCOC(CCl)C(I)CCl. The Balaban J connectivity index is 3.42. The Morgan fingerprint density at radius 2 is 1.86 bits per heavy atom. The minimum absolute atomic E-state index is 0.0278. The highest BCUT2D eigenvalue weighted by Gasteiger charge is 2.17. The first-order valence-corrected chi connectivity index (χ1v) is 7.03. The van der Waals surface area contributed by atoms with Crippen LogP contribution in [0.3, 0.4) is 0 Å². The first-order chi connectivity index (χ1) is 6.76. The van der Waals surface area contributed by atoms with Crippen LogP contribution in [0.4, 0.5) is 0 Å². The van der Waals surface area contributed by atoms with Crippen LogP contribution in [0.5, 0.6) is 0 Å². The molecule has 5 heteroatoms. The van der Waals surface area contributed by atoms with E-state index in [1.807, 2.05) is 0 Å². The number of rotatable bonds is 9. The van der Waals surface area contributed by atoms with Crippen LogP contribution in [0.15, 0.2) is 0 Å². The van der Waals surface area contributed by atoms with Gasteiger partial charge in [0.1, 0.15) is 0 Å². The zero-order valence-electron chi connectivity index (χ0n) is 8.35. The number of alkyl halides is 3. The summed E-state index contributed by atoms with van der Waals surface area (Å²) in [6.07, 6.45) is 1.06. The highest BCUT2D eigenvalue weighted by molar-refractivity contribution is 14.1. The summed E-state index contributed by atoms with van der Waals surface area (Å²) in [6, 6.07) is 0. The fraction of sp³-hybridized carbons (Fsp3) is 1.00. The summed E-state index contributed by atoms with van der Waals surface area (Å²) >= 11 is 13.7. The molecule has 0 fully saturated rings. The lowest BCUT2D eigenvalue weighted by Crippen LogP contribution is -2.28. The van der Waals surface area contributed by atoms with Gasteiger partial charge in [-0.2, -0.15) is 0 Å². The Kier molecular flexibility index (Phi) is 11.7. The molecule has 0 aromatic rings. The van der Waals surface area contributed by atoms with Crippen molar-refractivity contribution in [3.63, 3.8) is 0 Å². The third-order valence-corrected chi connectivity index (χ3v) is 4.01. The number of hydrogen-bond acceptors (Lipinski definition) is 2. The van der Waals surface area contributed by atoms with E-state index < -0.39 is 0 Å². The molecule has 0 aliphatic carbocycles. The smallest absolute Gasteiger partial charge is 0.0840 e. The number of halogens is 3. The molecule has 0 spiro atoms. The monoisotopic (exact) mass is 354 g/mol. The van der Waals surface area contributed by atoms with Crippen molar-refractivity contribution >= 4 is 45.8 Å². The van der Waals surface area contributed by atoms with E-state index in [4.69, 9.17) is 32.7 Å². The summed E-state index contributed by atoms with van der Waals surface area (Å²) in [4.78, 5) is 0. The van der Waals surface area contributed by atoms with E-state index in [1.54, 1.807) is 0 Å². The standard InChI is InChI=1S/C9H17Cl2IO2/c1-2-3-13-4-5-14-9(7-11)8(12)6-10/h8-9H,2-7H2,1H3. The molecule has 2 atom stereocenters. The third kappa shape index (κ3) is 7.51. The lowest BCUT2D eigenvalue weighted by molar-refractivity contribution is 0.0166. The maximum Gasteiger partial charge on any atom is 0.0840 e. The van der Waals surface area contributed by atoms with Crippen molar-refractivity contribution in [3.05, 3.63) is 0 Å². The van der Waals surface area contributed by atoms with Gasteiger partial charge in [0.05, 0.1) is 23.2 Å². The van der Waals surface area contributed by atoms with Gasteiger partial charge in [-0.25, -0.2) is 0 Å². The molecule has 0 aromatic heterocycles. The van der Waals surface area contributed by atoms with Crippen molar-refractivity contribution in [2.75, 3.05) is 31.6 Å². The number of hydrogen-bond donors (Lipinski definition) is 0. The molecule has 0 aliphatic heterocycles. The van der Waals surface area contributed by atoms with Gasteiger partial charge >= 0.3 is 0 Å². The predicted octanol–water partition coefficient (Wildman–Crippen LogP) is 3.08. The van der Waals surface area contributed by atoms with Crippen LogP contribution in [0.1, 0.15) is 13.3 Å². The zero-order chi connectivity index (χ0) is 10.8. The van der Waals surface area contributed by atoms with Crippen LogP contribution >= 0.6 is 45.8 Å². The molecular formula is C9H17Cl2IO2. The molecule has 0 amide bonds. The summed E-state index contributed by atoms with van der Waals surface area (Å²) in [5.41, 5.74) is 0. The zero-order valence-corrected chi connectivity index (χ0v) is 12.0. The maximum absolute atomic E-state index is 5.75. The minimum Gasteiger partial charge on any atom is -0.379 e. The highest BCUT2D eigenvalue weighted by atomic mass is 127. The van der Waals surface area contributed by atoms with Gasteiger partial charge in [-0.15, -0.1) is 23.2 Å². The lowest BCUT2D eigenvalue weighted by atomic mass is 10.3. The average Bonchev–Trinajstić information content (AvgIpc) is 2.22. The lowest BCUT2D eigenvalue weighted by Gasteiger charge is -2.18. The van der Waals surface area contributed by atoms with E-state index in [0.717, 1.165) is 13.0 Å². The molecular weight excluding hydrogens is 338 g/mol. The third-order valence-electron chi connectivity index (χ3n) is 1.61. The van der Waals surface area contributed by atoms with Gasteiger partial charge in [0, 0.05) is 18.4 Å². The van der Waals surface area contributed by atoms with Crippen molar-refractivity contribution in [1.29, 1.82) is 0 Å². The van der Waals surface area contributed by atoms with Crippen LogP contribution in [-0.4, -0.2) is 41.6 Å². The van der Waals surface area contributed by atoms with Crippen molar-refractivity contribution in [3.8, 4) is 0 Å². The van der Waals surface area contributed by atoms with Gasteiger partial charge in [-0.3, -0.25) is 0 Å². The molecule has 0 rings (SSSR count). The fourth-order valence-corrected chi connectivity index (χ4v) is 2.12. The second-order valence-corrected chi connectivity index (χ2v) is 5.06. The fourth-order valence-electron chi connectivity index (χ4n) is 0.850. The van der Waals surface area contributed by atoms with Gasteiger partial charge in [-0.1, -0.05) is 29.5 Å². The Labute approximate surface area is 110 Å². The normalized spacial score (nSPS) is 15.4. The van der Waals surface area contributed by atoms with Crippen molar-refractivity contribution in [2.24, 2.45) is 0 Å². The molecule has 0 aliphatic rings. The molecule has 2 nitrogen and oxygen atoms in total. The molecule has 0 heterocycles. The van der Waals surface area contributed by atoms with Crippen molar-refractivity contribution < 1.29 is 9.47 Å². The highest BCUT2D eigenvalue weighted by Crippen LogP contribution is 2.13. The Hall–Kier alpha value is 1.23. The van der Waals surface area contributed by atoms with E-state index in [9.17, 15) is 0 Å². The van der Waals surface area contributed by atoms with Gasteiger partial charge in [0.15, 0.2) is 0 Å². The molecule has 0 saturated carbocycles. The molecule has 0 radical (unpaired) electrons. The Morgan fingerprint density at radius 1 is 1.14 bits per heavy atom. The summed E-state index contributed by atoms with van der Waals surface area (Å²) in [5.74, 6) is 1.04. The van der Waals surface area contributed by atoms with Crippen LogP contribution in [0.25, 0.3) is 0 Å². The predicted molar refractivity (Wildman–Crippen MR) is 70.1 cm³/mol. The Bertz CT molecular complexity index is 127. The van der Waals surface area contributed by atoms with Gasteiger partial charge in [0.25, 0.3) is 0 Å². The molecule has 0 saturated heterocycles. The van der Waals surface area contributed by atoms with Crippen molar-refractivity contribution in [1.82, 2.24) is 0 Å². The second kappa shape index (κ2) is 10.7. The number of ether oxygens (including phenoxy) is 2. The molecule has 14 heavy (non-hydrogen) atoms. The molecule has 0 aromatic carbocycles. The topological polar surface area (TPSA) is 18.5 Å². The minimum atomic E-state index is 0.0278. The summed E-state index contributed by atoms with van der Waals surface area (Å²) in [6.45, 7) is 4.09. The van der Waals surface area contributed by atoms with Crippen molar-refractivity contribution in [2.45, 2.75) is 23.4 Å². The van der Waals surface area contributed by atoms with E-state index in [1.165, 1.54) is 0 Å². The van der Waals surface area contributed by atoms with E-state index >= 15 is 0 Å². The quantitative estimate of drug-likeness (QED) is 0.360. The summed E-state index contributed by atoms with van der Waals surface area (Å²) in [7, 11) is 0. The van der Waals surface area contributed by atoms with Crippen LogP contribution in [-0.2, 0) is 9.47 Å². The van der Waals surface area contributed by atoms with Crippen LogP contribution in [0, 0.1) is 0 Å². The molecule has 2 unspecified atom stereocenters. The van der Waals surface area contributed by atoms with Gasteiger partial charge < -0.3 is 9.47 Å². The maximum atomic E-state index is 5.75. The van der Waals surface area contributed by atoms with Gasteiger partial charge in [0.2, 0.25) is 0 Å². The molecule has 0 N–H and O–H groups in total. The van der Waals surface area contributed by atoms with Gasteiger partial charge in [-0.05, 0) is 6.42 Å². The first-order valence-electron chi connectivity index (χ1n) is 4.71. The summed E-state index contributed by atoms with van der Waals surface area (Å²) in [5, 5.41) is 0. The largest absolute Gasteiger partial charge is 0.379 e. The van der Waals surface area contributed by atoms with E-state index in [0.29, 0.717) is 25.0 Å². The molecule has 86 valence electrons. The second-order valence-electron chi connectivity index (χ2n) is 2.85. The molecule has 0 bridgehead atoms. The summed E-state index contributed by atoms with van der Waals surface area (Å²) < 4.78 is 11.1.